The minimum absolute atomic E-state index is 0.0259. The van der Waals surface area contributed by atoms with Gasteiger partial charge in [-0.2, -0.15) is 0 Å². The Morgan fingerprint density at radius 3 is 2.09 bits per heavy atom. The van der Waals surface area contributed by atoms with E-state index in [0.717, 1.165) is 12.8 Å². The molecule has 1 atom stereocenters. The monoisotopic (exact) mass is 177 g/mol. The van der Waals surface area contributed by atoms with Crippen LogP contribution in [0.2, 0.25) is 0 Å². The first-order valence-electron chi connectivity index (χ1n) is 3.82. The van der Waals surface area contributed by atoms with E-state index in [4.69, 9.17) is 0 Å². The van der Waals surface area contributed by atoms with E-state index in [1.807, 2.05) is 13.8 Å². The van der Waals surface area contributed by atoms with Crippen molar-refractivity contribution in [2.45, 2.75) is 31.9 Å². The van der Waals surface area contributed by atoms with Crippen LogP contribution in [0.1, 0.15) is 26.7 Å². The lowest BCUT2D eigenvalue weighted by Crippen LogP contribution is -2.49. The minimum Gasteiger partial charge on any atom is -0.218 e. The molecule has 1 aliphatic carbocycles. The van der Waals surface area contributed by atoms with Gasteiger partial charge in [0.15, 0.2) is 0 Å². The van der Waals surface area contributed by atoms with Gasteiger partial charge in [-0.3, -0.25) is 0 Å². The van der Waals surface area contributed by atoms with Gasteiger partial charge < -0.3 is 0 Å². The molecule has 0 bridgehead atoms. The van der Waals surface area contributed by atoms with Crippen molar-refractivity contribution in [3.05, 3.63) is 0 Å². The Kier molecular flexibility index (Phi) is 2.01. The zero-order chi connectivity index (χ0) is 8.70. The van der Waals surface area contributed by atoms with Gasteiger partial charge >= 0.3 is 0 Å². The topological polar surface area (TPSA) is 46.2 Å². The summed E-state index contributed by atoms with van der Waals surface area (Å²) in [6.07, 6.45) is 1.81. The van der Waals surface area contributed by atoms with E-state index >= 15 is 0 Å². The van der Waals surface area contributed by atoms with Crippen molar-refractivity contribution in [1.29, 1.82) is 0 Å². The molecule has 0 aliphatic heterocycles. The smallest absolute Gasteiger partial charge is 0.214 e. The van der Waals surface area contributed by atoms with E-state index in [1.54, 1.807) is 0 Å². The molecule has 0 saturated heterocycles. The third-order valence-corrected chi connectivity index (χ3v) is 4.77. The SMILES string of the molecule is CNS(=O)(=O)C1CCC1(C)C. The zero-order valence-corrected chi connectivity index (χ0v) is 8.03. The van der Waals surface area contributed by atoms with Crippen LogP contribution < -0.4 is 4.72 Å². The average Bonchev–Trinajstić information content (AvgIpc) is 1.85. The van der Waals surface area contributed by atoms with Crippen LogP contribution in [0.25, 0.3) is 0 Å². The summed E-state index contributed by atoms with van der Waals surface area (Å²) in [7, 11) is -1.54. The Hall–Kier alpha value is -0.0900. The Balaban J connectivity index is 2.79. The molecule has 66 valence electrons. The van der Waals surface area contributed by atoms with Crippen molar-refractivity contribution in [1.82, 2.24) is 4.72 Å². The molecule has 1 rings (SSSR count). The molecule has 0 aromatic rings. The summed E-state index contributed by atoms with van der Waals surface area (Å²) in [5.74, 6) is 0. The van der Waals surface area contributed by atoms with E-state index in [9.17, 15) is 8.42 Å². The van der Waals surface area contributed by atoms with Gasteiger partial charge in [-0.25, -0.2) is 13.1 Å². The lowest BCUT2D eigenvalue weighted by Gasteiger charge is -2.43. The molecule has 0 spiro atoms. The van der Waals surface area contributed by atoms with Gasteiger partial charge in [0.05, 0.1) is 5.25 Å². The summed E-state index contributed by atoms with van der Waals surface area (Å²) in [6.45, 7) is 3.99. The van der Waals surface area contributed by atoms with Crippen molar-refractivity contribution in [3.63, 3.8) is 0 Å². The molecule has 0 amide bonds. The first kappa shape index (κ1) is 9.00. The molecule has 4 heteroatoms. The highest BCUT2D eigenvalue weighted by Crippen LogP contribution is 2.43. The molecule has 1 saturated carbocycles. The summed E-state index contributed by atoms with van der Waals surface area (Å²) in [4.78, 5) is 0. The van der Waals surface area contributed by atoms with Crippen molar-refractivity contribution < 1.29 is 8.42 Å². The normalized spacial score (nSPS) is 29.5. The summed E-state index contributed by atoms with van der Waals surface area (Å²) in [5.41, 5.74) is -0.0259. The van der Waals surface area contributed by atoms with Crippen LogP contribution in [0.4, 0.5) is 0 Å². The van der Waals surface area contributed by atoms with Gasteiger partial charge in [0, 0.05) is 0 Å². The van der Waals surface area contributed by atoms with Crippen LogP contribution in [-0.4, -0.2) is 20.7 Å². The van der Waals surface area contributed by atoms with Crippen molar-refractivity contribution in [3.8, 4) is 0 Å². The quantitative estimate of drug-likeness (QED) is 0.675. The van der Waals surface area contributed by atoms with Crippen LogP contribution in [0, 0.1) is 5.41 Å². The maximum atomic E-state index is 11.3. The van der Waals surface area contributed by atoms with Gasteiger partial charge in [-0.15, -0.1) is 0 Å². The third kappa shape index (κ3) is 1.42. The van der Waals surface area contributed by atoms with Crippen molar-refractivity contribution >= 4 is 10.0 Å². The van der Waals surface area contributed by atoms with Crippen molar-refractivity contribution in [2.24, 2.45) is 5.41 Å². The standard InChI is InChI=1S/C7H15NO2S/c1-7(2)5-4-6(7)11(9,10)8-3/h6,8H,4-5H2,1-3H3. The lowest BCUT2D eigenvalue weighted by molar-refractivity contribution is 0.194. The van der Waals surface area contributed by atoms with E-state index in [1.165, 1.54) is 7.05 Å². The maximum Gasteiger partial charge on any atom is 0.214 e. The van der Waals surface area contributed by atoms with Gasteiger partial charge in [0.2, 0.25) is 10.0 Å². The molecule has 3 nitrogen and oxygen atoms in total. The molecular formula is C7H15NO2S. The predicted molar refractivity (Wildman–Crippen MR) is 44.8 cm³/mol. The highest BCUT2D eigenvalue weighted by molar-refractivity contribution is 7.90. The number of sulfonamides is 1. The maximum absolute atomic E-state index is 11.3. The molecule has 0 aromatic carbocycles. The van der Waals surface area contributed by atoms with Gasteiger partial charge in [0.1, 0.15) is 0 Å². The highest BCUT2D eigenvalue weighted by atomic mass is 32.2. The summed E-state index contributed by atoms with van der Waals surface area (Å²) < 4.78 is 24.9. The predicted octanol–water partition coefficient (Wildman–Crippen LogP) is 0.724. The molecule has 1 fully saturated rings. The average molecular weight is 177 g/mol. The molecule has 1 N–H and O–H groups in total. The number of hydrogen-bond acceptors (Lipinski definition) is 2. The van der Waals surface area contributed by atoms with Crippen LogP contribution in [0.15, 0.2) is 0 Å². The van der Waals surface area contributed by atoms with Crippen LogP contribution in [-0.2, 0) is 10.0 Å². The second-order valence-electron chi connectivity index (χ2n) is 3.77. The zero-order valence-electron chi connectivity index (χ0n) is 7.22. The molecule has 1 aliphatic rings. The van der Waals surface area contributed by atoms with Gasteiger partial charge in [-0.1, -0.05) is 13.8 Å². The van der Waals surface area contributed by atoms with Crippen LogP contribution >= 0.6 is 0 Å². The Morgan fingerprint density at radius 2 is 2.00 bits per heavy atom. The van der Waals surface area contributed by atoms with Crippen molar-refractivity contribution in [2.75, 3.05) is 7.05 Å². The van der Waals surface area contributed by atoms with Gasteiger partial charge in [-0.05, 0) is 25.3 Å². The second-order valence-corrected chi connectivity index (χ2v) is 5.83. The fourth-order valence-electron chi connectivity index (χ4n) is 1.56. The molecule has 1 unspecified atom stereocenters. The van der Waals surface area contributed by atoms with E-state index in [0.29, 0.717) is 0 Å². The van der Waals surface area contributed by atoms with Gasteiger partial charge in [0.25, 0.3) is 0 Å². The molecule has 0 aromatic heterocycles. The highest BCUT2D eigenvalue weighted by Gasteiger charge is 2.46. The Bertz CT molecular complexity index is 243. The number of hydrogen-bond donors (Lipinski definition) is 1. The lowest BCUT2D eigenvalue weighted by atomic mass is 9.72. The van der Waals surface area contributed by atoms with E-state index in [2.05, 4.69) is 4.72 Å². The first-order chi connectivity index (χ1) is 4.90. The summed E-state index contributed by atoms with van der Waals surface area (Å²) in [5, 5.41) is -0.181. The number of nitrogens with one attached hydrogen (secondary N) is 1. The fourth-order valence-corrected chi connectivity index (χ4v) is 3.23. The molecule has 0 radical (unpaired) electrons. The summed E-state index contributed by atoms with van der Waals surface area (Å²) in [6, 6.07) is 0. The minimum atomic E-state index is -3.02. The van der Waals surface area contributed by atoms with Crippen LogP contribution in [0.5, 0.6) is 0 Å². The number of rotatable bonds is 2. The summed E-state index contributed by atoms with van der Waals surface area (Å²) >= 11 is 0. The molecule has 0 heterocycles. The Morgan fingerprint density at radius 1 is 1.45 bits per heavy atom. The fraction of sp³-hybridized carbons (Fsp3) is 1.00. The van der Waals surface area contributed by atoms with Crippen LogP contribution in [0.3, 0.4) is 0 Å². The first-order valence-corrected chi connectivity index (χ1v) is 5.37. The van der Waals surface area contributed by atoms with E-state index < -0.39 is 10.0 Å². The largest absolute Gasteiger partial charge is 0.218 e. The second kappa shape index (κ2) is 2.45. The third-order valence-electron chi connectivity index (χ3n) is 2.58. The Labute approximate surface area is 68.2 Å². The molecular weight excluding hydrogens is 162 g/mol. The van der Waals surface area contributed by atoms with E-state index in [-0.39, 0.29) is 10.7 Å². The molecule has 11 heavy (non-hydrogen) atoms.